The van der Waals surface area contributed by atoms with Crippen LogP contribution in [-0.2, 0) is 6.54 Å². The first-order chi connectivity index (χ1) is 16.6. The largest absolute Gasteiger partial charge is 0.304 e. The number of benzene rings is 3. The molecule has 7 heteroatoms. The van der Waals surface area contributed by atoms with Gasteiger partial charge in [-0.2, -0.15) is 0 Å². The highest BCUT2D eigenvalue weighted by molar-refractivity contribution is 6.04. The van der Waals surface area contributed by atoms with Gasteiger partial charge < -0.3 is 4.57 Å². The normalized spacial score (nSPS) is 12.5. The number of rotatable bonds is 4. The second-order valence-corrected chi connectivity index (χ2v) is 8.34. The monoisotopic (exact) mass is 449 g/mol. The number of fused-ring (bicyclic) bond motifs is 4. The summed E-state index contributed by atoms with van der Waals surface area (Å²) in [5.74, 6) is -0.298. The second kappa shape index (κ2) is 7.88. The average molecular weight is 449 g/mol. The number of nitrogens with zero attached hydrogens (tertiary/aromatic N) is 5. The zero-order chi connectivity index (χ0) is 23.2. The van der Waals surface area contributed by atoms with Gasteiger partial charge in [0.25, 0.3) is 5.56 Å². The topological polar surface area (TPSA) is 65.6 Å². The Bertz CT molecular complexity index is 1720. The van der Waals surface area contributed by atoms with E-state index in [1.807, 2.05) is 66.1 Å². The Hall–Kier alpha value is -4.39. The van der Waals surface area contributed by atoms with E-state index in [1.165, 1.54) is 12.1 Å². The number of para-hydroxylation sites is 2. The summed E-state index contributed by atoms with van der Waals surface area (Å²) in [6.45, 7) is 2.36. The molecular formula is C27H20FN5O. The molecule has 6 rings (SSSR count). The maximum absolute atomic E-state index is 13.8. The third kappa shape index (κ3) is 3.25. The van der Waals surface area contributed by atoms with Gasteiger partial charge in [0.05, 0.1) is 23.6 Å². The van der Waals surface area contributed by atoms with Gasteiger partial charge in [-0.15, -0.1) is 0 Å². The first-order valence-corrected chi connectivity index (χ1v) is 11.1. The molecule has 1 atom stereocenters. The van der Waals surface area contributed by atoms with Gasteiger partial charge >= 0.3 is 0 Å². The highest BCUT2D eigenvalue weighted by Crippen LogP contribution is 2.27. The van der Waals surface area contributed by atoms with E-state index in [9.17, 15) is 9.18 Å². The molecule has 0 aliphatic heterocycles. The summed E-state index contributed by atoms with van der Waals surface area (Å²) < 4.78 is 17.0. The third-order valence-electron chi connectivity index (χ3n) is 6.23. The predicted molar refractivity (Wildman–Crippen MR) is 130 cm³/mol. The Balaban J connectivity index is 1.64. The zero-order valence-electron chi connectivity index (χ0n) is 18.4. The van der Waals surface area contributed by atoms with Crippen molar-refractivity contribution in [1.82, 2.24) is 24.1 Å². The van der Waals surface area contributed by atoms with E-state index in [0.717, 1.165) is 16.6 Å². The lowest BCUT2D eigenvalue weighted by atomic mass is 10.1. The summed E-state index contributed by atoms with van der Waals surface area (Å²) in [6, 6.07) is 23.5. The van der Waals surface area contributed by atoms with Crippen molar-refractivity contribution in [2.75, 3.05) is 0 Å². The Morgan fingerprint density at radius 3 is 2.26 bits per heavy atom. The molecular weight excluding hydrogens is 429 g/mol. The van der Waals surface area contributed by atoms with E-state index in [-0.39, 0.29) is 17.4 Å². The van der Waals surface area contributed by atoms with Crippen molar-refractivity contribution in [3.8, 4) is 0 Å². The molecule has 0 aliphatic rings. The fraction of sp³-hybridized carbons (Fsp3) is 0.111. The van der Waals surface area contributed by atoms with E-state index < -0.39 is 0 Å². The molecule has 0 radical (unpaired) electrons. The molecule has 0 amide bonds. The van der Waals surface area contributed by atoms with E-state index in [2.05, 4.69) is 0 Å². The molecule has 0 saturated heterocycles. The zero-order valence-corrected chi connectivity index (χ0v) is 18.4. The summed E-state index contributed by atoms with van der Waals surface area (Å²) in [4.78, 5) is 28.2. The fourth-order valence-electron chi connectivity index (χ4n) is 4.41. The highest BCUT2D eigenvalue weighted by atomic mass is 19.1. The van der Waals surface area contributed by atoms with Gasteiger partial charge in [0, 0.05) is 0 Å². The second-order valence-electron chi connectivity index (χ2n) is 8.34. The molecule has 166 valence electrons. The van der Waals surface area contributed by atoms with E-state index in [0.29, 0.717) is 34.3 Å². The van der Waals surface area contributed by atoms with Gasteiger partial charge in [0.15, 0.2) is 11.3 Å². The SMILES string of the molecule is C[C@@H](c1ccccc1)n1cnc2c(c1=O)c1nc3ccccc3nc1n2Cc1ccc(F)cc1. The van der Waals surface area contributed by atoms with Crippen molar-refractivity contribution in [1.29, 1.82) is 0 Å². The third-order valence-corrected chi connectivity index (χ3v) is 6.23. The lowest BCUT2D eigenvalue weighted by molar-refractivity contribution is 0.607. The van der Waals surface area contributed by atoms with Gasteiger partial charge in [0.1, 0.15) is 23.0 Å². The minimum atomic E-state index is -0.298. The molecule has 3 aromatic carbocycles. The van der Waals surface area contributed by atoms with Crippen molar-refractivity contribution in [3.63, 3.8) is 0 Å². The quantitative estimate of drug-likeness (QED) is 0.376. The van der Waals surface area contributed by atoms with Gasteiger partial charge in [-0.25, -0.2) is 19.3 Å². The summed E-state index contributed by atoms with van der Waals surface area (Å²) in [5, 5.41) is 0.431. The predicted octanol–water partition coefficient (Wildman–Crippen LogP) is 5.09. The smallest absolute Gasteiger partial charge is 0.265 e. The molecule has 0 fully saturated rings. The Labute approximate surface area is 194 Å². The molecule has 3 aromatic heterocycles. The Morgan fingerprint density at radius 2 is 1.53 bits per heavy atom. The minimum Gasteiger partial charge on any atom is -0.304 e. The van der Waals surface area contributed by atoms with E-state index in [4.69, 9.17) is 15.0 Å². The molecule has 0 spiro atoms. The van der Waals surface area contributed by atoms with Crippen molar-refractivity contribution in [2.45, 2.75) is 19.5 Å². The van der Waals surface area contributed by atoms with Crippen LogP contribution >= 0.6 is 0 Å². The molecule has 0 aliphatic carbocycles. The number of hydrogen-bond donors (Lipinski definition) is 0. The van der Waals surface area contributed by atoms with Gasteiger partial charge in [0.2, 0.25) is 0 Å². The van der Waals surface area contributed by atoms with Crippen molar-refractivity contribution in [2.24, 2.45) is 0 Å². The van der Waals surface area contributed by atoms with E-state index in [1.54, 1.807) is 23.0 Å². The van der Waals surface area contributed by atoms with Crippen LogP contribution in [0.1, 0.15) is 24.1 Å². The lowest BCUT2D eigenvalue weighted by Gasteiger charge is -2.15. The first-order valence-electron chi connectivity index (χ1n) is 11.1. The first kappa shape index (κ1) is 20.2. The maximum atomic E-state index is 13.8. The van der Waals surface area contributed by atoms with Gasteiger partial charge in [-0.05, 0) is 42.3 Å². The van der Waals surface area contributed by atoms with Crippen LogP contribution in [0.15, 0.2) is 90.0 Å². The fourth-order valence-corrected chi connectivity index (χ4v) is 4.41. The van der Waals surface area contributed by atoms with Crippen LogP contribution in [0, 0.1) is 5.82 Å². The number of aromatic nitrogens is 5. The lowest BCUT2D eigenvalue weighted by Crippen LogP contribution is -2.24. The average Bonchev–Trinajstić information content (AvgIpc) is 3.17. The molecule has 0 saturated carbocycles. The van der Waals surface area contributed by atoms with Crippen LogP contribution in [-0.4, -0.2) is 24.1 Å². The van der Waals surface area contributed by atoms with Crippen LogP contribution in [0.2, 0.25) is 0 Å². The van der Waals surface area contributed by atoms with Crippen molar-refractivity contribution >= 4 is 33.2 Å². The highest BCUT2D eigenvalue weighted by Gasteiger charge is 2.21. The van der Waals surface area contributed by atoms with E-state index >= 15 is 0 Å². The van der Waals surface area contributed by atoms with Crippen LogP contribution in [0.25, 0.3) is 33.2 Å². The molecule has 0 N–H and O–H groups in total. The number of halogens is 1. The summed E-state index contributed by atoms with van der Waals surface area (Å²) >= 11 is 0. The van der Waals surface area contributed by atoms with Gasteiger partial charge in [-0.3, -0.25) is 9.36 Å². The van der Waals surface area contributed by atoms with Gasteiger partial charge in [-0.1, -0.05) is 54.6 Å². The van der Waals surface area contributed by atoms with Crippen molar-refractivity contribution < 1.29 is 4.39 Å². The van der Waals surface area contributed by atoms with Crippen LogP contribution < -0.4 is 5.56 Å². The minimum absolute atomic E-state index is 0.172. The maximum Gasteiger partial charge on any atom is 0.265 e. The summed E-state index contributed by atoms with van der Waals surface area (Å²) in [7, 11) is 0. The summed E-state index contributed by atoms with van der Waals surface area (Å²) in [5.41, 5.74) is 4.76. The Kier molecular flexibility index (Phi) is 4.69. The Morgan fingerprint density at radius 1 is 0.853 bits per heavy atom. The molecule has 0 unspecified atom stereocenters. The number of hydrogen-bond acceptors (Lipinski definition) is 4. The standard InChI is InChI=1S/C27H20FN5O/c1-17(19-7-3-2-4-8-19)33-16-29-25-23(27(33)34)24-26(31-22-10-6-5-9-21(22)30-24)32(25)15-18-11-13-20(28)14-12-18/h2-14,16-17H,15H2,1H3/t17-/m0/s1. The molecule has 6 nitrogen and oxygen atoms in total. The molecule has 6 aromatic rings. The van der Waals surface area contributed by atoms with Crippen molar-refractivity contribution in [3.05, 3.63) is 112 Å². The molecule has 0 bridgehead atoms. The molecule has 34 heavy (non-hydrogen) atoms. The van der Waals surface area contributed by atoms with Crippen LogP contribution in [0.3, 0.4) is 0 Å². The van der Waals surface area contributed by atoms with Crippen LogP contribution in [0.4, 0.5) is 4.39 Å². The van der Waals surface area contributed by atoms with Crippen LogP contribution in [0.5, 0.6) is 0 Å². The summed E-state index contributed by atoms with van der Waals surface area (Å²) in [6.07, 6.45) is 1.59. The molecule has 3 heterocycles.